The van der Waals surface area contributed by atoms with E-state index in [9.17, 15) is 13.0 Å². The van der Waals surface area contributed by atoms with Crippen LogP contribution in [0, 0.1) is 0 Å². The standard InChI is InChI=1S/CH5O6PS.Li.H/c1-9(5,6)7-8(2,3)4;;/h1H3,(H2,2,3,4);;/q;+1;-1. The quantitative estimate of drug-likeness (QED) is 0.337. The molecule has 0 aliphatic carbocycles. The molecular formula is CH6LiO6PS. The SMILES string of the molecule is CS(=O)(=O)OP(=O)(O)O.[H-].[Li+]. The molecule has 58 valence electrons. The average Bonchev–Trinajstić information content (AvgIpc) is 1.14. The summed E-state index contributed by atoms with van der Waals surface area (Å²) in [5.41, 5.74) is 0. The number of hydrogen-bond acceptors (Lipinski definition) is 4. The van der Waals surface area contributed by atoms with E-state index < -0.39 is 17.9 Å². The molecule has 2 N–H and O–H groups in total. The number of rotatable bonds is 2. The van der Waals surface area contributed by atoms with Crippen LogP contribution >= 0.6 is 7.82 Å². The topological polar surface area (TPSA) is 101 Å². The molecule has 0 unspecified atom stereocenters. The second kappa shape index (κ2) is 3.88. The second-order valence-electron chi connectivity index (χ2n) is 1.27. The fourth-order valence-electron chi connectivity index (χ4n) is 0.176. The molecule has 0 aliphatic heterocycles. The van der Waals surface area contributed by atoms with Crippen molar-refractivity contribution in [2.24, 2.45) is 0 Å². The Morgan fingerprint density at radius 2 is 1.80 bits per heavy atom. The van der Waals surface area contributed by atoms with Gasteiger partial charge >= 0.3 is 26.7 Å². The van der Waals surface area contributed by atoms with Crippen molar-refractivity contribution in [2.75, 3.05) is 6.26 Å². The van der Waals surface area contributed by atoms with E-state index in [0.717, 1.165) is 0 Å². The summed E-state index contributed by atoms with van der Waals surface area (Å²) < 4.78 is 32.9. The largest absolute Gasteiger partial charge is 1.00 e. The van der Waals surface area contributed by atoms with Crippen molar-refractivity contribution in [1.29, 1.82) is 0 Å². The van der Waals surface area contributed by atoms with Gasteiger partial charge in [-0.1, -0.05) is 0 Å². The zero-order valence-electron chi connectivity index (χ0n) is 6.38. The van der Waals surface area contributed by atoms with Crippen molar-refractivity contribution < 1.29 is 47.0 Å². The summed E-state index contributed by atoms with van der Waals surface area (Å²) in [6, 6.07) is 0. The first kappa shape index (κ1) is 13.3. The summed E-state index contributed by atoms with van der Waals surface area (Å²) in [6.07, 6.45) is 0.548. The van der Waals surface area contributed by atoms with Gasteiger partial charge in [-0.05, 0) is 0 Å². The molecule has 6 nitrogen and oxygen atoms in total. The van der Waals surface area contributed by atoms with Gasteiger partial charge in [0, 0.05) is 0 Å². The smallest absolute Gasteiger partial charge is 1.00 e. The normalized spacial score (nSPS) is 12.3. The fraction of sp³-hybridized carbons (Fsp3) is 1.00. The number of hydrogen-bond donors (Lipinski definition) is 2. The predicted molar refractivity (Wildman–Crippen MR) is 29.1 cm³/mol. The molecule has 0 saturated carbocycles. The van der Waals surface area contributed by atoms with E-state index in [1.807, 2.05) is 0 Å². The van der Waals surface area contributed by atoms with E-state index >= 15 is 0 Å². The second-order valence-corrected chi connectivity index (χ2v) is 4.25. The Bertz CT molecular complexity index is 229. The molecule has 0 saturated heterocycles. The third kappa shape index (κ3) is 11.5. The van der Waals surface area contributed by atoms with E-state index in [-0.39, 0.29) is 20.3 Å². The maximum absolute atomic E-state index is 9.93. The summed E-state index contributed by atoms with van der Waals surface area (Å²) in [4.78, 5) is 15.7. The Kier molecular flexibility index (Phi) is 5.15. The Morgan fingerprint density at radius 3 is 1.80 bits per heavy atom. The molecular weight excluding hydrogens is 178 g/mol. The van der Waals surface area contributed by atoms with Gasteiger partial charge in [0.05, 0.1) is 6.26 Å². The Labute approximate surface area is 71.6 Å². The van der Waals surface area contributed by atoms with Crippen molar-refractivity contribution >= 4 is 17.9 Å². The molecule has 10 heavy (non-hydrogen) atoms. The molecule has 0 atom stereocenters. The minimum absolute atomic E-state index is 0. The van der Waals surface area contributed by atoms with Crippen molar-refractivity contribution in [1.82, 2.24) is 0 Å². The Hall–Kier alpha value is 0.657. The van der Waals surface area contributed by atoms with E-state index in [4.69, 9.17) is 9.79 Å². The first-order valence-corrected chi connectivity index (χ1v) is 5.02. The molecule has 0 aliphatic rings. The van der Waals surface area contributed by atoms with Crippen LogP contribution in [0.5, 0.6) is 0 Å². The zero-order valence-corrected chi connectivity index (χ0v) is 7.09. The minimum atomic E-state index is -4.88. The van der Waals surface area contributed by atoms with E-state index in [0.29, 0.717) is 6.26 Å². The zero-order chi connectivity index (χ0) is 7.71. The number of phosphoric acid groups is 1. The minimum Gasteiger partial charge on any atom is -1.00 e. The van der Waals surface area contributed by atoms with Gasteiger partial charge in [-0.25, -0.2) is 4.57 Å². The van der Waals surface area contributed by atoms with E-state index in [2.05, 4.69) is 3.97 Å². The summed E-state index contributed by atoms with van der Waals surface area (Å²) >= 11 is 0. The molecule has 0 spiro atoms. The summed E-state index contributed by atoms with van der Waals surface area (Å²) in [5, 5.41) is 0. The average molecular weight is 184 g/mol. The van der Waals surface area contributed by atoms with Gasteiger partial charge in [0.2, 0.25) is 0 Å². The maximum atomic E-state index is 9.93. The summed E-state index contributed by atoms with van der Waals surface area (Å²) in [5.74, 6) is 0. The van der Waals surface area contributed by atoms with Crippen LogP contribution in [-0.2, 0) is 18.7 Å². The van der Waals surface area contributed by atoms with Gasteiger partial charge in [0.1, 0.15) is 0 Å². The molecule has 0 fully saturated rings. The van der Waals surface area contributed by atoms with E-state index in [1.54, 1.807) is 0 Å². The van der Waals surface area contributed by atoms with Gasteiger partial charge in [0.25, 0.3) is 10.1 Å². The van der Waals surface area contributed by atoms with Crippen LogP contribution in [-0.4, -0.2) is 24.5 Å². The predicted octanol–water partition coefficient (Wildman–Crippen LogP) is -3.83. The van der Waals surface area contributed by atoms with Crippen LogP contribution in [0.1, 0.15) is 1.43 Å². The first-order chi connectivity index (χ1) is 3.71. The molecule has 0 aromatic heterocycles. The molecule has 9 heteroatoms. The van der Waals surface area contributed by atoms with Gasteiger partial charge in [-0.2, -0.15) is 12.4 Å². The van der Waals surface area contributed by atoms with Crippen LogP contribution in [0.25, 0.3) is 0 Å². The van der Waals surface area contributed by atoms with Crippen LogP contribution < -0.4 is 18.9 Å². The van der Waals surface area contributed by atoms with Crippen molar-refractivity contribution in [3.8, 4) is 0 Å². The molecule has 0 bridgehead atoms. The van der Waals surface area contributed by atoms with Crippen molar-refractivity contribution in [3.05, 3.63) is 0 Å². The van der Waals surface area contributed by atoms with Gasteiger partial charge in [0.15, 0.2) is 0 Å². The van der Waals surface area contributed by atoms with Crippen molar-refractivity contribution in [3.63, 3.8) is 0 Å². The third-order valence-corrected chi connectivity index (χ3v) is 2.09. The first-order valence-electron chi connectivity index (χ1n) is 1.67. The third-order valence-electron chi connectivity index (χ3n) is 0.232. The monoisotopic (exact) mass is 184 g/mol. The summed E-state index contributed by atoms with van der Waals surface area (Å²) in [6.45, 7) is 0. The van der Waals surface area contributed by atoms with Crippen molar-refractivity contribution in [2.45, 2.75) is 0 Å². The maximum Gasteiger partial charge on any atom is 1.00 e. The van der Waals surface area contributed by atoms with Gasteiger partial charge in [-0.15, -0.1) is 0 Å². The molecule has 0 aromatic carbocycles. The summed E-state index contributed by atoms with van der Waals surface area (Å²) in [7, 11) is -8.92. The van der Waals surface area contributed by atoms with Gasteiger partial charge < -0.3 is 11.2 Å². The van der Waals surface area contributed by atoms with Gasteiger partial charge in [-0.3, -0.25) is 0 Å². The molecule has 0 heterocycles. The van der Waals surface area contributed by atoms with Crippen LogP contribution in [0.3, 0.4) is 0 Å². The van der Waals surface area contributed by atoms with Crippen LogP contribution in [0.2, 0.25) is 0 Å². The Balaban J connectivity index is -0.000000320. The van der Waals surface area contributed by atoms with Crippen LogP contribution in [0.4, 0.5) is 0 Å². The van der Waals surface area contributed by atoms with Crippen LogP contribution in [0.15, 0.2) is 0 Å². The molecule has 0 rings (SSSR count). The fourth-order valence-corrected chi connectivity index (χ4v) is 1.59. The Morgan fingerprint density at radius 1 is 1.50 bits per heavy atom. The molecule has 0 radical (unpaired) electrons. The van der Waals surface area contributed by atoms with E-state index in [1.165, 1.54) is 0 Å². The molecule has 0 amide bonds. The molecule has 0 aromatic rings.